The van der Waals surface area contributed by atoms with Crippen LogP contribution in [0.25, 0.3) is 5.69 Å². The Morgan fingerprint density at radius 1 is 1.32 bits per heavy atom. The highest BCUT2D eigenvalue weighted by Crippen LogP contribution is 2.33. The van der Waals surface area contributed by atoms with Crippen molar-refractivity contribution in [1.29, 1.82) is 0 Å². The van der Waals surface area contributed by atoms with Gasteiger partial charge in [0.25, 0.3) is 5.91 Å². The van der Waals surface area contributed by atoms with Crippen molar-refractivity contribution in [2.45, 2.75) is 32.5 Å². The number of alkyl halides is 3. The zero-order valence-electron chi connectivity index (χ0n) is 14.2. The molecule has 5 nitrogen and oxygen atoms in total. The summed E-state index contributed by atoms with van der Waals surface area (Å²) in [4.78, 5) is 12.3. The van der Waals surface area contributed by atoms with Gasteiger partial charge in [0, 0.05) is 19.8 Å². The molecule has 0 aliphatic carbocycles. The molecule has 1 aromatic carbocycles. The van der Waals surface area contributed by atoms with E-state index in [0.29, 0.717) is 13.0 Å². The smallest absolute Gasteiger partial charge is 0.385 e. The Morgan fingerprint density at radius 2 is 1.96 bits per heavy atom. The number of benzene rings is 1. The molecule has 1 heterocycles. The number of nitrogens with zero attached hydrogens (tertiary/aromatic N) is 2. The van der Waals surface area contributed by atoms with Crippen molar-refractivity contribution in [1.82, 2.24) is 15.1 Å². The van der Waals surface area contributed by atoms with Gasteiger partial charge in [0.05, 0.1) is 17.4 Å². The van der Waals surface area contributed by atoms with Gasteiger partial charge in [-0.2, -0.15) is 18.3 Å². The van der Waals surface area contributed by atoms with E-state index in [1.807, 2.05) is 6.92 Å². The Kier molecular flexibility index (Phi) is 5.84. The molecule has 0 aliphatic rings. The molecule has 2 rings (SSSR count). The molecule has 0 saturated heterocycles. The number of ether oxygens (including phenoxy) is 1. The minimum atomic E-state index is -4.72. The zero-order valence-corrected chi connectivity index (χ0v) is 14.2. The van der Waals surface area contributed by atoms with Crippen molar-refractivity contribution in [3.63, 3.8) is 0 Å². The van der Waals surface area contributed by atoms with Gasteiger partial charge in [-0.1, -0.05) is 17.7 Å². The van der Waals surface area contributed by atoms with E-state index in [1.165, 1.54) is 19.2 Å². The van der Waals surface area contributed by atoms with Crippen LogP contribution in [-0.2, 0) is 10.9 Å². The largest absolute Gasteiger partial charge is 0.434 e. The fourth-order valence-electron chi connectivity index (χ4n) is 2.34. The second kappa shape index (κ2) is 7.69. The molecule has 136 valence electrons. The van der Waals surface area contributed by atoms with E-state index in [0.717, 1.165) is 16.4 Å². The van der Waals surface area contributed by atoms with Crippen molar-refractivity contribution in [2.24, 2.45) is 0 Å². The first-order valence-electron chi connectivity index (χ1n) is 7.76. The minimum absolute atomic E-state index is 0.240. The maximum Gasteiger partial charge on any atom is 0.434 e. The molecular formula is C17H20F3N3O2. The minimum Gasteiger partial charge on any atom is -0.385 e. The highest BCUT2D eigenvalue weighted by molar-refractivity contribution is 5.95. The van der Waals surface area contributed by atoms with E-state index >= 15 is 0 Å². The lowest BCUT2D eigenvalue weighted by atomic mass is 10.1. The van der Waals surface area contributed by atoms with Gasteiger partial charge in [-0.05, 0) is 32.4 Å². The van der Waals surface area contributed by atoms with Crippen molar-refractivity contribution in [3.05, 3.63) is 47.3 Å². The molecule has 1 N–H and O–H groups in total. The lowest BCUT2D eigenvalue weighted by Crippen LogP contribution is -2.34. The van der Waals surface area contributed by atoms with Crippen LogP contribution in [0.2, 0.25) is 0 Å². The van der Waals surface area contributed by atoms with Crippen LogP contribution in [0.5, 0.6) is 0 Å². The number of hydrogen-bond acceptors (Lipinski definition) is 3. The van der Waals surface area contributed by atoms with Crippen molar-refractivity contribution < 1.29 is 22.7 Å². The number of rotatable bonds is 6. The summed E-state index contributed by atoms with van der Waals surface area (Å²) in [6, 6.07) is 6.10. The van der Waals surface area contributed by atoms with Crippen LogP contribution in [0.15, 0.2) is 30.5 Å². The van der Waals surface area contributed by atoms with Crippen LogP contribution in [0.1, 0.15) is 35.0 Å². The third-order valence-electron chi connectivity index (χ3n) is 3.69. The van der Waals surface area contributed by atoms with Crippen molar-refractivity contribution in [2.75, 3.05) is 13.7 Å². The van der Waals surface area contributed by atoms with E-state index in [-0.39, 0.29) is 11.7 Å². The molecule has 0 fully saturated rings. The summed E-state index contributed by atoms with van der Waals surface area (Å²) in [6.45, 7) is 3.93. The first-order chi connectivity index (χ1) is 11.7. The van der Waals surface area contributed by atoms with E-state index < -0.39 is 23.3 Å². The van der Waals surface area contributed by atoms with Crippen molar-refractivity contribution >= 4 is 5.91 Å². The Bertz CT molecular complexity index is 724. The Morgan fingerprint density at radius 3 is 2.52 bits per heavy atom. The lowest BCUT2D eigenvalue weighted by Gasteiger charge is -2.15. The fourth-order valence-corrected chi connectivity index (χ4v) is 2.34. The standard InChI is InChI=1S/C17H20F3N3O2/c1-11-4-6-13(7-5-11)23-15(17(18,19)20)14(10-21-23)16(24)22-12(2)8-9-25-3/h4-7,10,12H,8-9H2,1-3H3,(H,22,24)/t12-/m1/s1. The number of amides is 1. The average molecular weight is 355 g/mol. The van der Waals surface area contributed by atoms with E-state index in [4.69, 9.17) is 4.74 Å². The highest BCUT2D eigenvalue weighted by Gasteiger charge is 2.40. The number of halogens is 3. The molecular weight excluding hydrogens is 335 g/mol. The first-order valence-corrected chi connectivity index (χ1v) is 7.76. The van der Waals surface area contributed by atoms with Crippen LogP contribution < -0.4 is 5.32 Å². The van der Waals surface area contributed by atoms with E-state index in [9.17, 15) is 18.0 Å². The molecule has 0 spiro atoms. The summed E-state index contributed by atoms with van der Waals surface area (Å²) in [5, 5.41) is 6.33. The number of carbonyl (C=O) groups excluding carboxylic acids is 1. The monoisotopic (exact) mass is 355 g/mol. The van der Waals surface area contributed by atoms with Gasteiger partial charge in [0.2, 0.25) is 0 Å². The van der Waals surface area contributed by atoms with Crippen LogP contribution in [0, 0.1) is 6.92 Å². The maximum atomic E-state index is 13.5. The van der Waals surface area contributed by atoms with Crippen LogP contribution in [-0.4, -0.2) is 35.4 Å². The summed E-state index contributed by atoms with van der Waals surface area (Å²) >= 11 is 0. The average Bonchev–Trinajstić information content (AvgIpc) is 2.99. The van der Waals surface area contributed by atoms with E-state index in [1.54, 1.807) is 19.1 Å². The van der Waals surface area contributed by atoms with Gasteiger partial charge in [-0.15, -0.1) is 0 Å². The molecule has 2 aromatic rings. The quantitative estimate of drug-likeness (QED) is 0.865. The molecule has 0 saturated carbocycles. The Labute approximate surface area is 143 Å². The van der Waals surface area contributed by atoms with Gasteiger partial charge in [-0.3, -0.25) is 4.79 Å². The number of methoxy groups -OCH3 is 1. The topological polar surface area (TPSA) is 56.1 Å². The fraction of sp³-hybridized carbons (Fsp3) is 0.412. The molecule has 1 aromatic heterocycles. The lowest BCUT2D eigenvalue weighted by molar-refractivity contribution is -0.143. The van der Waals surface area contributed by atoms with Gasteiger partial charge in [0.15, 0.2) is 5.69 Å². The molecule has 1 amide bonds. The summed E-state index contributed by atoms with van der Waals surface area (Å²) in [5.41, 5.74) is -0.441. The molecule has 0 aliphatic heterocycles. The van der Waals surface area contributed by atoms with Gasteiger partial charge >= 0.3 is 6.18 Å². The second-order valence-electron chi connectivity index (χ2n) is 5.81. The normalized spacial score (nSPS) is 12.9. The van der Waals surface area contributed by atoms with Gasteiger partial charge < -0.3 is 10.1 Å². The molecule has 0 unspecified atom stereocenters. The predicted octanol–water partition coefficient (Wildman–Crippen LogP) is 3.35. The number of hydrogen-bond donors (Lipinski definition) is 1. The second-order valence-corrected chi connectivity index (χ2v) is 5.81. The number of carbonyl (C=O) groups is 1. The summed E-state index contributed by atoms with van der Waals surface area (Å²) in [5.74, 6) is -0.811. The van der Waals surface area contributed by atoms with Crippen molar-refractivity contribution in [3.8, 4) is 5.69 Å². The Balaban J connectivity index is 2.36. The summed E-state index contributed by atoms with van der Waals surface area (Å²) < 4.78 is 46.3. The van der Waals surface area contributed by atoms with Gasteiger partial charge in [0.1, 0.15) is 0 Å². The zero-order chi connectivity index (χ0) is 18.6. The van der Waals surface area contributed by atoms with Gasteiger partial charge in [-0.25, -0.2) is 4.68 Å². The van der Waals surface area contributed by atoms with Crippen LogP contribution in [0.4, 0.5) is 13.2 Å². The third kappa shape index (κ3) is 4.60. The molecule has 0 bridgehead atoms. The highest BCUT2D eigenvalue weighted by atomic mass is 19.4. The molecule has 8 heteroatoms. The maximum absolute atomic E-state index is 13.5. The predicted molar refractivity (Wildman–Crippen MR) is 86.7 cm³/mol. The first kappa shape index (κ1) is 19.0. The number of nitrogens with one attached hydrogen (secondary N) is 1. The van der Waals surface area contributed by atoms with Crippen LogP contribution >= 0.6 is 0 Å². The summed E-state index contributed by atoms with van der Waals surface area (Å²) in [7, 11) is 1.52. The number of aromatic nitrogens is 2. The Hall–Kier alpha value is -2.35. The molecule has 25 heavy (non-hydrogen) atoms. The summed E-state index contributed by atoms with van der Waals surface area (Å²) in [6.07, 6.45) is -3.28. The van der Waals surface area contributed by atoms with Crippen LogP contribution in [0.3, 0.4) is 0 Å². The van der Waals surface area contributed by atoms with E-state index in [2.05, 4.69) is 10.4 Å². The molecule has 0 radical (unpaired) electrons. The third-order valence-corrected chi connectivity index (χ3v) is 3.69. The molecule has 1 atom stereocenters. The number of aryl methyl sites for hydroxylation is 1. The SMILES string of the molecule is COCC[C@@H](C)NC(=O)c1cnn(-c2ccc(C)cc2)c1C(F)(F)F.